The molecular formula is C46H29NS. The van der Waals surface area contributed by atoms with Crippen LogP contribution in [0.5, 0.6) is 0 Å². The zero-order valence-electron chi connectivity index (χ0n) is 26.1. The fraction of sp³-hybridized carbons (Fsp3) is 0. The average Bonchev–Trinajstić information content (AvgIpc) is 3.49. The van der Waals surface area contributed by atoms with Crippen LogP contribution in [-0.2, 0) is 0 Å². The zero-order valence-corrected chi connectivity index (χ0v) is 26.9. The van der Waals surface area contributed by atoms with Gasteiger partial charge in [0.1, 0.15) is 0 Å². The molecule has 48 heavy (non-hydrogen) atoms. The van der Waals surface area contributed by atoms with Gasteiger partial charge in [-0.05, 0) is 98.4 Å². The van der Waals surface area contributed by atoms with E-state index in [4.69, 9.17) is 0 Å². The highest BCUT2D eigenvalue weighted by Gasteiger charge is 2.22. The van der Waals surface area contributed by atoms with Crippen LogP contribution in [0.15, 0.2) is 186 Å². The minimum absolute atomic E-state index is 1.18. The second-order valence-electron chi connectivity index (χ2n) is 12.5. The molecule has 2 heterocycles. The van der Waals surface area contributed by atoms with Crippen molar-refractivity contribution in [1.29, 1.82) is 0 Å². The van der Waals surface area contributed by atoms with Gasteiger partial charge < -0.3 is 4.57 Å². The lowest BCUT2D eigenvalue weighted by atomic mass is 9.88. The third kappa shape index (κ3) is 4.20. The molecule has 0 spiro atoms. The minimum Gasteiger partial charge on any atom is -0.309 e. The van der Waals surface area contributed by atoms with Crippen LogP contribution in [0.2, 0.25) is 0 Å². The zero-order chi connectivity index (χ0) is 31.6. The van der Waals surface area contributed by atoms with Crippen molar-refractivity contribution in [1.82, 2.24) is 4.57 Å². The summed E-state index contributed by atoms with van der Waals surface area (Å²) in [7, 11) is 0. The Morgan fingerprint density at radius 3 is 1.88 bits per heavy atom. The first-order valence-corrected chi connectivity index (χ1v) is 17.3. The molecule has 10 rings (SSSR count). The number of hydrogen-bond donors (Lipinski definition) is 0. The third-order valence-corrected chi connectivity index (χ3v) is 11.0. The summed E-state index contributed by atoms with van der Waals surface area (Å²) in [5.74, 6) is 0. The van der Waals surface area contributed by atoms with Gasteiger partial charge in [0.2, 0.25) is 0 Å². The average molecular weight is 628 g/mol. The van der Waals surface area contributed by atoms with Crippen LogP contribution in [0.25, 0.3) is 82.8 Å². The second-order valence-corrected chi connectivity index (χ2v) is 13.6. The standard InChI is InChI=1S/C46H29NS/c1-3-12-30(13-4-1)31-23-26-44-41(28-31)39-20-11-19-38-36(24-27-45(48-44)46(38)39)35-17-8-7-16-34(35)32-22-25-43-40(29-32)37-18-9-10-21-42(37)47(43)33-14-5-2-6-15-33/h1-29H. The van der Waals surface area contributed by atoms with E-state index in [-0.39, 0.29) is 0 Å². The minimum atomic E-state index is 1.18. The SMILES string of the molecule is c1ccc(-c2ccc3c(c2)-c2cccc4c(-c5ccccc5-c5ccc6c(c5)c5ccccc5n6-c5ccccc5)ccc(c24)S3)cc1. The highest BCUT2D eigenvalue weighted by atomic mass is 32.2. The van der Waals surface area contributed by atoms with E-state index in [1.165, 1.54) is 92.6 Å². The van der Waals surface area contributed by atoms with E-state index < -0.39 is 0 Å². The summed E-state index contributed by atoms with van der Waals surface area (Å²) < 4.78 is 2.38. The number of fused-ring (bicyclic) bond motifs is 5. The monoisotopic (exact) mass is 627 g/mol. The first-order valence-electron chi connectivity index (χ1n) is 16.4. The molecule has 0 saturated carbocycles. The highest BCUT2D eigenvalue weighted by molar-refractivity contribution is 7.99. The summed E-state index contributed by atoms with van der Waals surface area (Å²) in [5, 5.41) is 5.17. The van der Waals surface area contributed by atoms with Gasteiger partial charge in [-0.3, -0.25) is 0 Å². The molecule has 0 fully saturated rings. The Kier molecular flexibility index (Phi) is 6.18. The van der Waals surface area contributed by atoms with Crippen molar-refractivity contribution in [3.63, 3.8) is 0 Å². The van der Waals surface area contributed by atoms with Crippen LogP contribution in [0, 0.1) is 0 Å². The molecule has 0 N–H and O–H groups in total. The normalized spacial score (nSPS) is 12.1. The second kappa shape index (κ2) is 10.9. The first kappa shape index (κ1) is 27.3. The van der Waals surface area contributed by atoms with E-state index in [0.717, 1.165) is 0 Å². The fourth-order valence-electron chi connectivity index (χ4n) is 7.64. The Hall–Kier alpha value is -5.83. The van der Waals surface area contributed by atoms with Gasteiger partial charge in [0.05, 0.1) is 11.0 Å². The van der Waals surface area contributed by atoms with E-state index in [0.29, 0.717) is 0 Å². The molecule has 0 bridgehead atoms. The fourth-order valence-corrected chi connectivity index (χ4v) is 8.75. The molecule has 0 aliphatic carbocycles. The van der Waals surface area contributed by atoms with E-state index in [9.17, 15) is 0 Å². The van der Waals surface area contributed by atoms with Gasteiger partial charge in [0.15, 0.2) is 0 Å². The van der Waals surface area contributed by atoms with Crippen LogP contribution in [0.4, 0.5) is 0 Å². The summed E-state index contributed by atoms with van der Waals surface area (Å²) in [5.41, 5.74) is 13.7. The molecule has 0 saturated heterocycles. The van der Waals surface area contributed by atoms with Crippen molar-refractivity contribution >= 4 is 44.3 Å². The Bertz CT molecular complexity index is 2690. The lowest BCUT2D eigenvalue weighted by Gasteiger charge is -2.23. The van der Waals surface area contributed by atoms with Crippen LogP contribution < -0.4 is 0 Å². The number of para-hydroxylation sites is 2. The predicted octanol–water partition coefficient (Wildman–Crippen LogP) is 13.1. The first-order chi connectivity index (χ1) is 23.8. The van der Waals surface area contributed by atoms with Crippen LogP contribution >= 0.6 is 11.8 Å². The van der Waals surface area contributed by atoms with Crippen LogP contribution in [0.3, 0.4) is 0 Å². The number of rotatable bonds is 4. The molecule has 2 heteroatoms. The third-order valence-electron chi connectivity index (χ3n) is 9.81. The summed E-state index contributed by atoms with van der Waals surface area (Å²) >= 11 is 1.88. The number of hydrogen-bond acceptors (Lipinski definition) is 1. The Morgan fingerprint density at radius 2 is 1.00 bits per heavy atom. The maximum absolute atomic E-state index is 2.39. The Labute approximate surface area is 283 Å². The lowest BCUT2D eigenvalue weighted by molar-refractivity contribution is 1.18. The van der Waals surface area contributed by atoms with Crippen molar-refractivity contribution < 1.29 is 0 Å². The van der Waals surface area contributed by atoms with Crippen molar-refractivity contribution in [3.05, 3.63) is 176 Å². The molecule has 0 radical (unpaired) electrons. The number of aromatic nitrogens is 1. The topological polar surface area (TPSA) is 4.93 Å². The molecule has 0 unspecified atom stereocenters. The van der Waals surface area contributed by atoms with Crippen LogP contribution in [0.1, 0.15) is 0 Å². The van der Waals surface area contributed by atoms with Gasteiger partial charge in [0, 0.05) is 31.6 Å². The van der Waals surface area contributed by atoms with Crippen molar-refractivity contribution in [2.75, 3.05) is 0 Å². The van der Waals surface area contributed by atoms with E-state index >= 15 is 0 Å². The smallest absolute Gasteiger partial charge is 0.0541 e. The molecule has 224 valence electrons. The lowest BCUT2D eigenvalue weighted by Crippen LogP contribution is -1.95. The van der Waals surface area contributed by atoms with E-state index in [1.54, 1.807) is 0 Å². The predicted molar refractivity (Wildman–Crippen MR) is 204 cm³/mol. The maximum Gasteiger partial charge on any atom is 0.0541 e. The molecule has 1 aliphatic heterocycles. The van der Waals surface area contributed by atoms with Crippen molar-refractivity contribution in [2.24, 2.45) is 0 Å². The van der Waals surface area contributed by atoms with Gasteiger partial charge in [-0.1, -0.05) is 139 Å². The molecule has 9 aromatic rings. The van der Waals surface area contributed by atoms with E-state index in [1.807, 2.05) is 11.8 Å². The van der Waals surface area contributed by atoms with Gasteiger partial charge >= 0.3 is 0 Å². The van der Waals surface area contributed by atoms with Gasteiger partial charge in [-0.25, -0.2) is 0 Å². The van der Waals surface area contributed by atoms with Crippen LogP contribution in [-0.4, -0.2) is 4.57 Å². The molecule has 1 aromatic heterocycles. The number of nitrogens with zero attached hydrogens (tertiary/aromatic N) is 1. The molecular weight excluding hydrogens is 599 g/mol. The van der Waals surface area contributed by atoms with Gasteiger partial charge in [0.25, 0.3) is 0 Å². The summed E-state index contributed by atoms with van der Waals surface area (Å²) in [6.07, 6.45) is 0. The Balaban J connectivity index is 1.15. The van der Waals surface area contributed by atoms with Gasteiger partial charge in [-0.15, -0.1) is 0 Å². The van der Waals surface area contributed by atoms with E-state index in [2.05, 4.69) is 180 Å². The summed E-state index contributed by atoms with van der Waals surface area (Å²) in [6, 6.07) is 64.4. The molecule has 1 aliphatic rings. The summed E-state index contributed by atoms with van der Waals surface area (Å²) in [4.78, 5) is 2.63. The molecule has 0 atom stereocenters. The van der Waals surface area contributed by atoms with Gasteiger partial charge in [-0.2, -0.15) is 0 Å². The maximum atomic E-state index is 2.39. The molecule has 1 nitrogen and oxygen atoms in total. The largest absolute Gasteiger partial charge is 0.309 e. The quantitative estimate of drug-likeness (QED) is 0.188. The highest BCUT2D eigenvalue weighted by Crippen LogP contribution is 2.51. The number of benzene rings is 8. The van der Waals surface area contributed by atoms with Crippen molar-refractivity contribution in [2.45, 2.75) is 9.79 Å². The molecule has 0 amide bonds. The molecule has 8 aromatic carbocycles. The summed E-state index contributed by atoms with van der Waals surface area (Å²) in [6.45, 7) is 0. The Morgan fingerprint density at radius 1 is 0.333 bits per heavy atom. The van der Waals surface area contributed by atoms with Crippen molar-refractivity contribution in [3.8, 4) is 50.2 Å².